The molecule has 0 spiro atoms. The Morgan fingerprint density at radius 2 is 0.967 bits per heavy atom. The Morgan fingerprint density at radius 1 is 0.667 bits per heavy atom. The molecular weight excluding hydrogens is 392 g/mol. The first kappa shape index (κ1) is 22.2. The van der Waals surface area contributed by atoms with Crippen molar-refractivity contribution in [1.29, 1.82) is 0 Å². The van der Waals surface area contributed by atoms with Gasteiger partial charge in [0.1, 0.15) is 12.1 Å². The van der Waals surface area contributed by atoms with E-state index in [2.05, 4.69) is 20.9 Å². The van der Waals surface area contributed by atoms with E-state index < -0.39 is 35.8 Å². The first-order chi connectivity index (χ1) is 14.2. The van der Waals surface area contributed by atoms with E-state index in [1.165, 1.54) is 38.1 Å². The molecule has 2 atom stereocenters. The van der Waals surface area contributed by atoms with E-state index in [0.29, 0.717) is 11.4 Å². The molecule has 2 aromatic rings. The summed E-state index contributed by atoms with van der Waals surface area (Å²) in [6, 6.07) is 10.2. The fraction of sp³-hybridized carbons (Fsp3) is 0.200. The maximum atomic E-state index is 11.9. The van der Waals surface area contributed by atoms with Crippen LogP contribution in [0.15, 0.2) is 58.8 Å². The normalized spacial score (nSPS) is 12.7. The zero-order chi connectivity index (χ0) is 22.3. The molecule has 2 aromatic carbocycles. The van der Waals surface area contributed by atoms with E-state index in [4.69, 9.17) is 10.2 Å². The summed E-state index contributed by atoms with van der Waals surface area (Å²) < 4.78 is 0. The summed E-state index contributed by atoms with van der Waals surface area (Å²) in [7, 11) is 0. The first-order valence-electron chi connectivity index (χ1n) is 8.86. The van der Waals surface area contributed by atoms with Gasteiger partial charge in [0.05, 0.1) is 11.4 Å². The molecule has 0 aliphatic carbocycles. The van der Waals surface area contributed by atoms with E-state index >= 15 is 0 Å². The summed E-state index contributed by atoms with van der Waals surface area (Å²) in [5.74, 6) is -3.29. The summed E-state index contributed by atoms with van der Waals surface area (Å²) >= 11 is 0. The molecule has 0 bridgehead atoms. The Hall–Kier alpha value is -4.08. The molecule has 0 heterocycles. The highest BCUT2D eigenvalue weighted by atomic mass is 16.4. The lowest BCUT2D eigenvalue weighted by molar-refractivity contribution is -0.139. The third-order valence-corrected chi connectivity index (χ3v) is 3.98. The average molecular weight is 412 g/mol. The monoisotopic (exact) mass is 412 g/mol. The Morgan fingerprint density at radius 3 is 1.23 bits per heavy atom. The predicted molar refractivity (Wildman–Crippen MR) is 106 cm³/mol. The number of carboxylic acids is 2. The number of aliphatic carboxylic acids is 2. The van der Waals surface area contributed by atoms with Crippen molar-refractivity contribution in [3.8, 4) is 0 Å². The second-order valence-corrected chi connectivity index (χ2v) is 6.36. The minimum absolute atomic E-state index is 0.285. The van der Waals surface area contributed by atoms with Crippen molar-refractivity contribution in [1.82, 2.24) is 10.6 Å². The predicted octanol–water partition coefficient (Wildman–Crippen LogP) is 2.51. The molecule has 10 nitrogen and oxygen atoms in total. The van der Waals surface area contributed by atoms with Gasteiger partial charge in [-0.25, -0.2) is 0 Å². The second kappa shape index (κ2) is 9.92. The molecular formula is C20H20N4O6. The topological polar surface area (TPSA) is 158 Å². The molecule has 0 radical (unpaired) electrons. The van der Waals surface area contributed by atoms with Gasteiger partial charge >= 0.3 is 11.9 Å². The van der Waals surface area contributed by atoms with Crippen LogP contribution >= 0.6 is 0 Å². The molecule has 0 saturated carbocycles. The van der Waals surface area contributed by atoms with Gasteiger partial charge < -0.3 is 20.8 Å². The molecule has 2 amide bonds. The highest BCUT2D eigenvalue weighted by molar-refractivity contribution is 5.97. The number of azo groups is 1. The van der Waals surface area contributed by atoms with E-state index in [0.717, 1.165) is 0 Å². The minimum Gasteiger partial charge on any atom is -0.480 e. The maximum absolute atomic E-state index is 11.9. The quantitative estimate of drug-likeness (QED) is 0.488. The molecule has 0 fully saturated rings. The van der Waals surface area contributed by atoms with Gasteiger partial charge in [0.25, 0.3) is 11.8 Å². The van der Waals surface area contributed by atoms with Gasteiger partial charge in [-0.15, -0.1) is 0 Å². The standard InChI is InChI=1S/C20H20N4O6/c1-11(19(27)28)21-17(25)13-3-7-15(8-4-13)23-24-16-9-5-14(6-10-16)18(26)22-12(2)20(29)30/h3-12H,1-2H3,(H,21,25)(H,22,26)(H,27,28)(H,29,30)/t11-,12+. The maximum Gasteiger partial charge on any atom is 0.325 e. The first-order valence-corrected chi connectivity index (χ1v) is 8.86. The number of carbonyl (C=O) groups excluding carboxylic acids is 2. The van der Waals surface area contributed by atoms with E-state index in [1.54, 1.807) is 24.3 Å². The molecule has 0 aliphatic rings. The number of benzene rings is 2. The van der Waals surface area contributed by atoms with E-state index in [9.17, 15) is 19.2 Å². The molecule has 0 unspecified atom stereocenters. The molecule has 156 valence electrons. The molecule has 0 aromatic heterocycles. The van der Waals surface area contributed by atoms with Crippen LogP contribution in [0.5, 0.6) is 0 Å². The largest absolute Gasteiger partial charge is 0.480 e. The molecule has 0 saturated heterocycles. The number of carboxylic acid groups (broad SMARTS) is 2. The molecule has 0 aliphatic heterocycles. The Labute approximate surface area is 171 Å². The number of hydrogen-bond acceptors (Lipinski definition) is 6. The SMILES string of the molecule is C[C@H](NC(=O)c1ccc(N=Nc2ccc(C(=O)N[C@H](C)C(=O)O)cc2)cc1)C(=O)O. The number of carbonyl (C=O) groups is 4. The highest BCUT2D eigenvalue weighted by Gasteiger charge is 2.16. The van der Waals surface area contributed by atoms with Crippen molar-refractivity contribution in [2.24, 2.45) is 10.2 Å². The summed E-state index contributed by atoms with van der Waals surface area (Å²) in [6.07, 6.45) is 0. The van der Waals surface area contributed by atoms with Gasteiger partial charge in [0, 0.05) is 11.1 Å². The third-order valence-electron chi connectivity index (χ3n) is 3.98. The van der Waals surface area contributed by atoms with Crippen molar-refractivity contribution in [3.05, 3.63) is 59.7 Å². The fourth-order valence-electron chi connectivity index (χ4n) is 2.16. The van der Waals surface area contributed by atoms with E-state index in [1.807, 2.05) is 0 Å². The lowest BCUT2D eigenvalue weighted by Gasteiger charge is -2.09. The van der Waals surface area contributed by atoms with Crippen LogP contribution in [0.2, 0.25) is 0 Å². The number of amides is 2. The van der Waals surface area contributed by atoms with Crippen LogP contribution < -0.4 is 10.6 Å². The lowest BCUT2D eigenvalue weighted by atomic mass is 10.2. The fourth-order valence-corrected chi connectivity index (χ4v) is 2.16. The van der Waals surface area contributed by atoms with Gasteiger partial charge in [-0.05, 0) is 62.4 Å². The summed E-state index contributed by atoms with van der Waals surface area (Å²) in [5, 5.41) is 30.4. The number of rotatable bonds is 8. The van der Waals surface area contributed by atoms with Crippen LogP contribution in [0, 0.1) is 0 Å². The van der Waals surface area contributed by atoms with Crippen LogP contribution in [0.1, 0.15) is 34.6 Å². The smallest absolute Gasteiger partial charge is 0.325 e. The molecule has 4 N–H and O–H groups in total. The van der Waals surface area contributed by atoms with Gasteiger partial charge in [0.2, 0.25) is 0 Å². The second-order valence-electron chi connectivity index (χ2n) is 6.36. The molecule has 30 heavy (non-hydrogen) atoms. The summed E-state index contributed by atoms with van der Waals surface area (Å²) in [5.41, 5.74) is 1.51. The number of nitrogens with one attached hydrogen (secondary N) is 2. The average Bonchev–Trinajstić information content (AvgIpc) is 2.72. The number of nitrogens with zero attached hydrogens (tertiary/aromatic N) is 2. The van der Waals surface area contributed by atoms with Crippen LogP contribution in [0.4, 0.5) is 11.4 Å². The van der Waals surface area contributed by atoms with Crippen LogP contribution in [-0.2, 0) is 9.59 Å². The van der Waals surface area contributed by atoms with Crippen LogP contribution in [0.25, 0.3) is 0 Å². The van der Waals surface area contributed by atoms with Crippen LogP contribution in [0.3, 0.4) is 0 Å². The van der Waals surface area contributed by atoms with Crippen molar-refractivity contribution < 1.29 is 29.4 Å². The summed E-state index contributed by atoms with van der Waals surface area (Å²) in [6.45, 7) is 2.73. The Balaban J connectivity index is 1.99. The zero-order valence-corrected chi connectivity index (χ0v) is 16.2. The van der Waals surface area contributed by atoms with Gasteiger partial charge in [0.15, 0.2) is 0 Å². The lowest BCUT2D eigenvalue weighted by Crippen LogP contribution is -2.38. The minimum atomic E-state index is -1.13. The van der Waals surface area contributed by atoms with Gasteiger partial charge in [-0.1, -0.05) is 0 Å². The zero-order valence-electron chi connectivity index (χ0n) is 16.2. The molecule has 2 rings (SSSR count). The van der Waals surface area contributed by atoms with Crippen molar-refractivity contribution >= 4 is 35.1 Å². The Kier molecular flexibility index (Phi) is 7.34. The van der Waals surface area contributed by atoms with Crippen LogP contribution in [-0.4, -0.2) is 46.0 Å². The van der Waals surface area contributed by atoms with Crippen molar-refractivity contribution in [2.45, 2.75) is 25.9 Å². The van der Waals surface area contributed by atoms with Gasteiger partial charge in [-0.3, -0.25) is 19.2 Å². The Bertz CT molecular complexity index is 890. The third kappa shape index (κ3) is 6.23. The van der Waals surface area contributed by atoms with Crippen molar-refractivity contribution in [3.63, 3.8) is 0 Å². The highest BCUT2D eigenvalue weighted by Crippen LogP contribution is 2.19. The van der Waals surface area contributed by atoms with Crippen molar-refractivity contribution in [2.75, 3.05) is 0 Å². The number of hydrogen-bond donors (Lipinski definition) is 4. The summed E-state index contributed by atoms with van der Waals surface area (Å²) in [4.78, 5) is 45.5. The van der Waals surface area contributed by atoms with Gasteiger partial charge in [-0.2, -0.15) is 10.2 Å². The molecule has 10 heteroatoms. The van der Waals surface area contributed by atoms with E-state index in [-0.39, 0.29) is 11.1 Å².